The SMILES string of the molecule is O=C(C[Te](Cl)(Cl)CC(=O)c1c2ccccc2cc2ccccc12)c1c2ccccc2cc2ccccc12. The summed E-state index contributed by atoms with van der Waals surface area (Å²) in [7, 11) is 13.9. The molecule has 0 heterocycles. The molecule has 0 saturated heterocycles. The van der Waals surface area contributed by atoms with Crippen LogP contribution in [0.15, 0.2) is 109 Å². The van der Waals surface area contributed by atoms with Gasteiger partial charge in [0, 0.05) is 0 Å². The van der Waals surface area contributed by atoms with Gasteiger partial charge in [0.1, 0.15) is 0 Å². The third-order valence-electron chi connectivity index (χ3n) is 6.78. The predicted molar refractivity (Wildman–Crippen MR) is 159 cm³/mol. The summed E-state index contributed by atoms with van der Waals surface area (Å²) < 4.78 is 0.0240. The molecule has 37 heavy (non-hydrogen) atoms. The van der Waals surface area contributed by atoms with Gasteiger partial charge in [-0.25, -0.2) is 0 Å². The first-order valence-corrected chi connectivity index (χ1v) is 21.2. The van der Waals surface area contributed by atoms with Crippen molar-refractivity contribution in [3.05, 3.63) is 120 Å². The Kier molecular flexibility index (Phi) is 6.43. The number of fused-ring (bicyclic) bond motifs is 4. The van der Waals surface area contributed by atoms with E-state index in [9.17, 15) is 9.59 Å². The van der Waals surface area contributed by atoms with Crippen LogP contribution in [0.2, 0.25) is 8.94 Å². The Bertz CT molecular complexity index is 1620. The first-order valence-electron chi connectivity index (χ1n) is 12.0. The third-order valence-corrected chi connectivity index (χ3v) is 13.6. The van der Waals surface area contributed by atoms with Crippen LogP contribution in [0.3, 0.4) is 0 Å². The molecule has 0 aliphatic rings. The van der Waals surface area contributed by atoms with Crippen LogP contribution in [0.1, 0.15) is 20.7 Å². The summed E-state index contributed by atoms with van der Waals surface area (Å²) in [6, 6.07) is 35.6. The van der Waals surface area contributed by atoms with Gasteiger partial charge >= 0.3 is 227 Å². The molecule has 0 aliphatic carbocycles. The summed E-state index contributed by atoms with van der Waals surface area (Å²) in [6.45, 7) is 0. The zero-order valence-corrected chi connectivity index (χ0v) is 23.6. The third kappa shape index (κ3) is 4.63. The number of carbonyl (C=O) groups is 2. The van der Waals surface area contributed by atoms with Crippen molar-refractivity contribution in [3.63, 3.8) is 0 Å². The van der Waals surface area contributed by atoms with Crippen LogP contribution in [0.5, 0.6) is 0 Å². The van der Waals surface area contributed by atoms with Crippen molar-refractivity contribution in [3.8, 4) is 0 Å². The molecular formula is C32H22Cl2O2Te. The molecule has 0 N–H and O–H groups in total. The Morgan fingerprint density at radius 2 is 0.757 bits per heavy atom. The van der Waals surface area contributed by atoms with Gasteiger partial charge in [-0.1, -0.05) is 0 Å². The number of Topliss-reactive ketones (excluding diaryl/α,β-unsaturated/α-hetero) is 2. The Morgan fingerprint density at radius 3 is 1.05 bits per heavy atom. The minimum absolute atomic E-state index is 0.0120. The average molecular weight is 637 g/mol. The van der Waals surface area contributed by atoms with Gasteiger partial charge in [0.25, 0.3) is 0 Å². The fourth-order valence-corrected chi connectivity index (χ4v) is 11.2. The van der Waals surface area contributed by atoms with Crippen molar-refractivity contribution in [2.24, 2.45) is 0 Å². The Hall–Kier alpha value is -2.93. The summed E-state index contributed by atoms with van der Waals surface area (Å²) in [4.78, 5) is 27.6. The van der Waals surface area contributed by atoms with E-state index in [1.807, 2.05) is 97.1 Å². The molecule has 0 aliphatic heterocycles. The van der Waals surface area contributed by atoms with Gasteiger partial charge in [-0.15, -0.1) is 0 Å². The molecule has 0 bridgehead atoms. The molecule has 0 radical (unpaired) electrons. The Labute approximate surface area is 226 Å². The van der Waals surface area contributed by atoms with Gasteiger partial charge in [0.05, 0.1) is 0 Å². The second-order valence-corrected chi connectivity index (χ2v) is 23.8. The fourth-order valence-electron chi connectivity index (χ4n) is 5.21. The maximum atomic E-state index is 13.8. The van der Waals surface area contributed by atoms with E-state index in [4.69, 9.17) is 17.9 Å². The minimum atomic E-state index is -3.94. The summed E-state index contributed by atoms with van der Waals surface area (Å²) in [6.07, 6.45) is 0. The number of ketones is 2. The normalized spacial score (nSPS) is 12.4. The number of carbonyl (C=O) groups excluding carboxylic acids is 2. The summed E-state index contributed by atoms with van der Waals surface area (Å²) in [5, 5.41) is 7.48. The van der Waals surface area contributed by atoms with Gasteiger partial charge in [-0.05, 0) is 0 Å². The number of rotatable bonds is 6. The molecular weight excluding hydrogens is 615 g/mol. The predicted octanol–water partition coefficient (Wildman–Crippen LogP) is 9.28. The fraction of sp³-hybridized carbons (Fsp3) is 0.0625. The quantitative estimate of drug-likeness (QED) is 0.104. The average Bonchev–Trinajstić information content (AvgIpc) is 2.89. The van der Waals surface area contributed by atoms with Crippen molar-refractivity contribution in [2.45, 2.75) is 8.94 Å². The molecule has 0 amide bonds. The molecule has 182 valence electrons. The van der Waals surface area contributed by atoms with E-state index >= 15 is 0 Å². The zero-order chi connectivity index (χ0) is 25.6. The number of benzene rings is 6. The molecule has 6 rings (SSSR count). The molecule has 0 atom stereocenters. The van der Waals surface area contributed by atoms with E-state index in [1.165, 1.54) is 0 Å². The van der Waals surface area contributed by atoms with Crippen LogP contribution in [-0.2, 0) is 0 Å². The summed E-state index contributed by atoms with van der Waals surface area (Å²) in [5.74, 6) is -0.204. The van der Waals surface area contributed by atoms with Gasteiger partial charge in [0.15, 0.2) is 0 Å². The molecule has 0 saturated carbocycles. The van der Waals surface area contributed by atoms with E-state index in [0.717, 1.165) is 43.1 Å². The first-order chi connectivity index (χ1) is 17.9. The maximum absolute atomic E-state index is 13.8. The van der Waals surface area contributed by atoms with Crippen molar-refractivity contribution in [2.75, 3.05) is 0 Å². The van der Waals surface area contributed by atoms with Crippen molar-refractivity contribution in [1.29, 1.82) is 0 Å². The molecule has 0 fully saturated rings. The van der Waals surface area contributed by atoms with E-state index in [0.29, 0.717) is 11.1 Å². The summed E-state index contributed by atoms with van der Waals surface area (Å²) >= 11 is -3.94. The molecule has 2 nitrogen and oxygen atoms in total. The zero-order valence-electron chi connectivity index (χ0n) is 19.8. The van der Waals surface area contributed by atoms with E-state index in [2.05, 4.69) is 12.1 Å². The van der Waals surface area contributed by atoms with Crippen LogP contribution in [0.4, 0.5) is 0 Å². The van der Waals surface area contributed by atoms with Gasteiger partial charge in [-0.2, -0.15) is 0 Å². The van der Waals surface area contributed by atoms with Crippen LogP contribution >= 0.6 is 17.9 Å². The van der Waals surface area contributed by atoms with Gasteiger partial charge in [-0.3, -0.25) is 0 Å². The summed E-state index contributed by atoms with van der Waals surface area (Å²) in [5.41, 5.74) is 1.27. The monoisotopic (exact) mass is 638 g/mol. The topological polar surface area (TPSA) is 34.1 Å². The van der Waals surface area contributed by atoms with Gasteiger partial charge < -0.3 is 0 Å². The van der Waals surface area contributed by atoms with Crippen LogP contribution in [-0.4, -0.2) is 27.5 Å². The first kappa shape index (κ1) is 24.4. The van der Waals surface area contributed by atoms with E-state index in [1.54, 1.807) is 0 Å². The van der Waals surface area contributed by atoms with E-state index in [-0.39, 0.29) is 20.5 Å². The molecule has 0 spiro atoms. The molecule has 5 heteroatoms. The Balaban J connectivity index is 1.38. The number of halogens is 2. The van der Waals surface area contributed by atoms with Gasteiger partial charge in [0.2, 0.25) is 0 Å². The molecule has 0 aromatic heterocycles. The Morgan fingerprint density at radius 1 is 0.486 bits per heavy atom. The van der Waals surface area contributed by atoms with Crippen molar-refractivity contribution < 1.29 is 9.59 Å². The van der Waals surface area contributed by atoms with Crippen molar-refractivity contribution in [1.82, 2.24) is 0 Å². The number of hydrogen-bond acceptors (Lipinski definition) is 2. The van der Waals surface area contributed by atoms with Crippen molar-refractivity contribution >= 4 is 88.5 Å². The van der Waals surface area contributed by atoms with E-state index < -0.39 is 15.9 Å². The molecule has 6 aromatic rings. The molecule has 6 aromatic carbocycles. The van der Waals surface area contributed by atoms with Crippen LogP contribution in [0.25, 0.3) is 43.1 Å². The molecule has 0 unspecified atom stereocenters. The number of hydrogen-bond donors (Lipinski definition) is 0. The second-order valence-electron chi connectivity index (χ2n) is 9.22. The second kappa shape index (κ2) is 9.75. The van der Waals surface area contributed by atoms with Crippen LogP contribution in [0, 0.1) is 0 Å². The standard InChI is InChI=1S/C32H22Cl2O2Te/c33-37(34,19-29(35)31-25-13-5-1-9-21(25)17-22-10-2-6-14-26(22)31)20-30(36)32-27-15-7-3-11-23(27)18-24-12-4-8-16-28(24)32/h1-18H,19-20H2. The van der Waals surface area contributed by atoms with Crippen LogP contribution < -0.4 is 0 Å².